The van der Waals surface area contributed by atoms with Gasteiger partial charge in [0.05, 0.1) is 41.7 Å². The Morgan fingerprint density at radius 2 is 1.86 bits per heavy atom. The first-order valence-corrected chi connectivity index (χ1v) is 9.41. The molecule has 29 heavy (non-hydrogen) atoms. The molecule has 0 spiro atoms. The van der Waals surface area contributed by atoms with Crippen LogP contribution in [0.4, 0.5) is 13.2 Å². The van der Waals surface area contributed by atoms with Crippen molar-refractivity contribution in [3.05, 3.63) is 35.2 Å². The molecule has 0 fully saturated rings. The molecule has 0 unspecified atom stereocenters. The number of hydrogen-bond acceptors (Lipinski definition) is 7. The molecule has 6 nitrogen and oxygen atoms in total. The summed E-state index contributed by atoms with van der Waals surface area (Å²) in [5, 5.41) is 19.3. The first kappa shape index (κ1) is 22.5. The molecule has 2 heterocycles. The van der Waals surface area contributed by atoms with Crippen LogP contribution >= 0.6 is 11.8 Å². The molecule has 0 aliphatic heterocycles. The van der Waals surface area contributed by atoms with Crippen molar-refractivity contribution in [2.75, 3.05) is 26.1 Å². The van der Waals surface area contributed by atoms with Crippen molar-refractivity contribution in [2.45, 2.75) is 24.5 Å². The number of halogens is 3. The van der Waals surface area contributed by atoms with Gasteiger partial charge in [0.15, 0.2) is 0 Å². The molecule has 10 heteroatoms. The fourth-order valence-corrected chi connectivity index (χ4v) is 3.42. The molecule has 2 aromatic heterocycles. The van der Waals surface area contributed by atoms with Gasteiger partial charge in [-0.2, -0.15) is 23.7 Å². The number of ether oxygens (including phenoxy) is 2. The number of nitrogens with zero attached hydrogens (tertiary/aromatic N) is 4. The predicted molar refractivity (Wildman–Crippen MR) is 100 cm³/mol. The van der Waals surface area contributed by atoms with Crippen molar-refractivity contribution in [3.8, 4) is 29.1 Å². The number of aryl methyl sites for hydroxylation is 1. The van der Waals surface area contributed by atoms with Crippen molar-refractivity contribution in [1.29, 1.82) is 10.5 Å². The molecule has 0 saturated carbocycles. The van der Waals surface area contributed by atoms with Gasteiger partial charge in [-0.3, -0.25) is 4.98 Å². The maximum atomic E-state index is 12.5. The fourth-order valence-electron chi connectivity index (χ4n) is 2.40. The Labute approximate surface area is 170 Å². The molecule has 0 aromatic carbocycles. The Balaban J connectivity index is 2.41. The molecule has 0 bridgehead atoms. The molecule has 2 rings (SSSR count). The number of alkyl halides is 3. The highest BCUT2D eigenvalue weighted by molar-refractivity contribution is 7.99. The lowest BCUT2D eigenvalue weighted by Crippen LogP contribution is -2.09. The molecule has 152 valence electrons. The van der Waals surface area contributed by atoms with Crippen molar-refractivity contribution in [2.24, 2.45) is 0 Å². The largest absolute Gasteiger partial charge is 0.490 e. The first-order chi connectivity index (χ1) is 13.8. The van der Waals surface area contributed by atoms with E-state index in [1.165, 1.54) is 6.20 Å². The summed E-state index contributed by atoms with van der Waals surface area (Å²) >= 11 is 0.828. The summed E-state index contributed by atoms with van der Waals surface area (Å²) in [5.41, 5.74) is 1.08. The summed E-state index contributed by atoms with van der Waals surface area (Å²) in [6.07, 6.45) is -3.87. The number of rotatable bonds is 8. The summed E-state index contributed by atoms with van der Waals surface area (Å²) in [5.74, 6) is 0.198. The van der Waals surface area contributed by atoms with E-state index in [4.69, 9.17) is 9.47 Å². The van der Waals surface area contributed by atoms with Crippen LogP contribution in [0.15, 0.2) is 23.4 Å². The van der Waals surface area contributed by atoms with E-state index in [9.17, 15) is 23.7 Å². The number of methoxy groups -OCH3 is 1. The lowest BCUT2D eigenvalue weighted by molar-refractivity contribution is -0.129. The van der Waals surface area contributed by atoms with Crippen LogP contribution in [0.3, 0.4) is 0 Å². The Morgan fingerprint density at radius 1 is 1.14 bits per heavy atom. The van der Waals surface area contributed by atoms with E-state index >= 15 is 0 Å². The van der Waals surface area contributed by atoms with E-state index < -0.39 is 12.6 Å². The van der Waals surface area contributed by atoms with Gasteiger partial charge in [0.25, 0.3) is 0 Å². The van der Waals surface area contributed by atoms with Gasteiger partial charge >= 0.3 is 6.18 Å². The van der Waals surface area contributed by atoms with Crippen molar-refractivity contribution in [1.82, 2.24) is 9.97 Å². The zero-order chi connectivity index (χ0) is 21.4. The third kappa shape index (κ3) is 6.08. The van der Waals surface area contributed by atoms with E-state index in [1.54, 1.807) is 26.2 Å². The van der Waals surface area contributed by atoms with Gasteiger partial charge in [-0.15, -0.1) is 11.8 Å². The minimum absolute atomic E-state index is 0.0277. The summed E-state index contributed by atoms with van der Waals surface area (Å²) < 4.78 is 47.7. The minimum atomic E-state index is -4.30. The normalized spacial score (nSPS) is 11.0. The van der Waals surface area contributed by atoms with Crippen molar-refractivity contribution < 1.29 is 22.6 Å². The molecule has 0 amide bonds. The van der Waals surface area contributed by atoms with Crippen molar-refractivity contribution in [3.63, 3.8) is 0 Å². The SMILES string of the molecule is COCCOc1ccc(-c2c(C#N)c(C)nc(SCCC(F)(F)F)c2C#N)nc1. The molecular formula is C19H17F3N4O2S. The lowest BCUT2D eigenvalue weighted by atomic mass is 9.99. The molecule has 0 saturated heterocycles. The van der Waals surface area contributed by atoms with Crippen LogP contribution in [0, 0.1) is 29.6 Å². The summed E-state index contributed by atoms with van der Waals surface area (Å²) in [6.45, 7) is 2.30. The Kier molecular flexibility index (Phi) is 7.82. The van der Waals surface area contributed by atoms with Gasteiger partial charge in [-0.05, 0) is 19.1 Å². The highest BCUT2D eigenvalue weighted by Gasteiger charge is 2.27. The Hall–Kier alpha value is -2.82. The van der Waals surface area contributed by atoms with Crippen LogP contribution in [-0.4, -0.2) is 42.2 Å². The maximum Gasteiger partial charge on any atom is 0.389 e. The van der Waals surface area contributed by atoms with Crippen LogP contribution < -0.4 is 4.74 Å². The highest BCUT2D eigenvalue weighted by Crippen LogP contribution is 2.35. The average molecular weight is 422 g/mol. The van der Waals surface area contributed by atoms with E-state index in [2.05, 4.69) is 9.97 Å². The Morgan fingerprint density at radius 3 is 2.41 bits per heavy atom. The van der Waals surface area contributed by atoms with Crippen LogP contribution in [0.2, 0.25) is 0 Å². The van der Waals surface area contributed by atoms with E-state index in [1.807, 2.05) is 12.1 Å². The highest BCUT2D eigenvalue weighted by atomic mass is 32.2. The molecule has 0 aliphatic rings. The lowest BCUT2D eigenvalue weighted by Gasteiger charge is -2.13. The van der Waals surface area contributed by atoms with Gasteiger partial charge in [-0.1, -0.05) is 0 Å². The molecule has 0 aliphatic carbocycles. The third-order valence-electron chi connectivity index (χ3n) is 3.74. The van der Waals surface area contributed by atoms with Gasteiger partial charge in [0, 0.05) is 18.4 Å². The van der Waals surface area contributed by atoms with Gasteiger partial charge in [0.1, 0.15) is 29.5 Å². The minimum Gasteiger partial charge on any atom is -0.490 e. The predicted octanol–water partition coefficient (Wildman–Crippen LogP) is 4.27. The summed E-state index contributed by atoms with van der Waals surface area (Å²) in [7, 11) is 1.55. The van der Waals surface area contributed by atoms with Crippen LogP contribution in [-0.2, 0) is 4.74 Å². The third-order valence-corrected chi connectivity index (χ3v) is 4.72. The second-order valence-corrected chi connectivity index (χ2v) is 6.87. The molecule has 0 radical (unpaired) electrons. The fraction of sp³-hybridized carbons (Fsp3) is 0.368. The first-order valence-electron chi connectivity index (χ1n) is 8.43. The molecule has 0 atom stereocenters. The smallest absolute Gasteiger partial charge is 0.389 e. The maximum absolute atomic E-state index is 12.5. The molecule has 2 aromatic rings. The van der Waals surface area contributed by atoms with E-state index in [-0.39, 0.29) is 27.5 Å². The number of hydrogen-bond donors (Lipinski definition) is 0. The second kappa shape index (κ2) is 10.1. The monoisotopic (exact) mass is 422 g/mol. The van der Waals surface area contributed by atoms with Gasteiger partial charge < -0.3 is 9.47 Å². The zero-order valence-electron chi connectivity index (χ0n) is 15.7. The number of aromatic nitrogens is 2. The topological polar surface area (TPSA) is 91.8 Å². The average Bonchev–Trinajstić information content (AvgIpc) is 2.67. The van der Waals surface area contributed by atoms with E-state index in [0.717, 1.165) is 11.8 Å². The zero-order valence-corrected chi connectivity index (χ0v) is 16.5. The Bertz CT molecular complexity index is 935. The number of pyridine rings is 2. The summed E-state index contributed by atoms with van der Waals surface area (Å²) in [4.78, 5) is 8.43. The number of thioether (sulfide) groups is 1. The standard InChI is InChI=1S/C19H17F3N4O2S/c1-12-14(9-23)17(16-4-3-13(11-25-16)28-7-6-27-2)15(10-24)18(26-12)29-8-5-19(20,21)22/h3-4,11H,5-8H2,1-2H3. The second-order valence-electron chi connectivity index (χ2n) is 5.79. The summed E-state index contributed by atoms with van der Waals surface area (Å²) in [6, 6.07) is 7.19. The van der Waals surface area contributed by atoms with E-state index in [0.29, 0.717) is 30.4 Å². The molecular weight excluding hydrogens is 405 g/mol. The quantitative estimate of drug-likeness (QED) is 0.463. The molecule has 0 N–H and O–H groups in total. The van der Waals surface area contributed by atoms with Crippen LogP contribution in [0.1, 0.15) is 23.2 Å². The van der Waals surface area contributed by atoms with Crippen molar-refractivity contribution >= 4 is 11.8 Å². The van der Waals surface area contributed by atoms with Crippen LogP contribution in [0.5, 0.6) is 5.75 Å². The van der Waals surface area contributed by atoms with Gasteiger partial charge in [0.2, 0.25) is 0 Å². The van der Waals surface area contributed by atoms with Gasteiger partial charge in [-0.25, -0.2) is 4.98 Å². The number of nitriles is 2. The van der Waals surface area contributed by atoms with Crippen LogP contribution in [0.25, 0.3) is 11.3 Å².